The molecule has 1 fully saturated rings. The van der Waals surface area contributed by atoms with Gasteiger partial charge >= 0.3 is 6.18 Å². The highest BCUT2D eigenvalue weighted by molar-refractivity contribution is 5.93. The minimum atomic E-state index is -4.60. The zero-order valence-electron chi connectivity index (χ0n) is 15.8. The fourth-order valence-electron chi connectivity index (χ4n) is 3.59. The number of pyridine rings is 1. The number of alkyl halides is 3. The number of piperazine rings is 1. The molecule has 0 spiro atoms. The zero-order valence-corrected chi connectivity index (χ0v) is 15.8. The second-order valence-electron chi connectivity index (χ2n) is 7.13. The van der Waals surface area contributed by atoms with Crippen molar-refractivity contribution in [1.29, 1.82) is 5.26 Å². The van der Waals surface area contributed by atoms with Crippen molar-refractivity contribution in [3.8, 4) is 11.9 Å². The molecule has 0 bridgehead atoms. The third kappa shape index (κ3) is 3.38. The zero-order chi connectivity index (χ0) is 20.8. The summed E-state index contributed by atoms with van der Waals surface area (Å²) in [5, 5.41) is 12.4. The first-order chi connectivity index (χ1) is 13.8. The summed E-state index contributed by atoms with van der Waals surface area (Å²) in [5.41, 5.74) is -0.432. The molecule has 1 aliphatic heterocycles. The molecule has 1 saturated heterocycles. The summed E-state index contributed by atoms with van der Waals surface area (Å²) in [5.74, 6) is 0.439. The van der Waals surface area contributed by atoms with E-state index < -0.39 is 11.7 Å². The van der Waals surface area contributed by atoms with E-state index in [1.807, 2.05) is 24.8 Å². The number of aromatic nitrogens is 4. The first kappa shape index (κ1) is 19.1. The fraction of sp³-hybridized carbons (Fsp3) is 0.368. The summed E-state index contributed by atoms with van der Waals surface area (Å²) in [6.45, 7) is 5.08. The van der Waals surface area contributed by atoms with Crippen molar-refractivity contribution in [2.75, 3.05) is 18.0 Å². The van der Waals surface area contributed by atoms with E-state index in [4.69, 9.17) is 5.26 Å². The first-order valence-corrected chi connectivity index (χ1v) is 9.09. The standard InChI is InChI=1S/C19H18F3N7/c1-11-8-28(12(2)7-25-11)17-16-14(19(20,21)22)9-29(18(16)27-10-26-17)15-5-13(6-23)3-4-24-15/h3-5,9-12,25H,7-8H2,1-2H3/t11-,12+/m1/s1. The van der Waals surface area contributed by atoms with Crippen LogP contribution >= 0.6 is 0 Å². The van der Waals surface area contributed by atoms with Gasteiger partial charge in [-0.3, -0.25) is 4.57 Å². The van der Waals surface area contributed by atoms with Crippen LogP contribution in [0.4, 0.5) is 19.0 Å². The van der Waals surface area contributed by atoms with Crippen molar-refractivity contribution in [1.82, 2.24) is 24.8 Å². The maximum absolute atomic E-state index is 13.9. The van der Waals surface area contributed by atoms with Gasteiger partial charge < -0.3 is 10.2 Å². The lowest BCUT2D eigenvalue weighted by molar-refractivity contribution is -0.136. The Labute approximate surface area is 164 Å². The van der Waals surface area contributed by atoms with Gasteiger partial charge in [0, 0.05) is 37.6 Å². The molecule has 7 nitrogen and oxygen atoms in total. The minimum absolute atomic E-state index is 0.0335. The smallest absolute Gasteiger partial charge is 0.350 e. The SMILES string of the molecule is C[C@@H]1CN(c2ncnc3c2c(C(F)(F)F)cn3-c2cc(C#N)ccn2)[C@@H](C)CN1. The van der Waals surface area contributed by atoms with Gasteiger partial charge in [0.1, 0.15) is 18.0 Å². The van der Waals surface area contributed by atoms with Gasteiger partial charge in [-0.15, -0.1) is 0 Å². The topological polar surface area (TPSA) is 82.7 Å². The van der Waals surface area contributed by atoms with E-state index in [-0.39, 0.29) is 34.8 Å². The van der Waals surface area contributed by atoms with Crippen molar-refractivity contribution in [2.24, 2.45) is 0 Å². The molecule has 10 heteroatoms. The van der Waals surface area contributed by atoms with Gasteiger partial charge in [-0.1, -0.05) is 0 Å². The van der Waals surface area contributed by atoms with E-state index in [2.05, 4.69) is 20.3 Å². The van der Waals surface area contributed by atoms with E-state index in [0.29, 0.717) is 18.7 Å². The molecule has 0 aromatic carbocycles. The van der Waals surface area contributed by atoms with Crippen LogP contribution in [0.2, 0.25) is 0 Å². The molecule has 1 N–H and O–H groups in total. The molecule has 4 rings (SSSR count). The Bertz CT molecular complexity index is 1100. The van der Waals surface area contributed by atoms with Crippen LogP contribution in [0.15, 0.2) is 30.9 Å². The number of nitrogens with one attached hydrogen (secondary N) is 1. The Morgan fingerprint density at radius 1 is 1.24 bits per heavy atom. The molecule has 0 radical (unpaired) electrons. The van der Waals surface area contributed by atoms with Crippen LogP contribution in [0.5, 0.6) is 0 Å². The van der Waals surface area contributed by atoms with E-state index >= 15 is 0 Å². The third-order valence-corrected chi connectivity index (χ3v) is 5.03. The van der Waals surface area contributed by atoms with Crippen molar-refractivity contribution < 1.29 is 13.2 Å². The molecule has 0 aliphatic carbocycles. The van der Waals surface area contributed by atoms with Crippen molar-refractivity contribution >= 4 is 16.9 Å². The lowest BCUT2D eigenvalue weighted by atomic mass is 10.1. The Hall–Kier alpha value is -3.19. The average Bonchev–Trinajstić information content (AvgIpc) is 3.10. The predicted octanol–water partition coefficient (Wildman–Crippen LogP) is 2.89. The molecule has 29 heavy (non-hydrogen) atoms. The summed E-state index contributed by atoms with van der Waals surface area (Å²) in [6.07, 6.45) is -0.974. The number of nitrogens with zero attached hydrogens (tertiary/aromatic N) is 6. The van der Waals surface area contributed by atoms with Crippen LogP contribution in [0.25, 0.3) is 16.9 Å². The second-order valence-corrected chi connectivity index (χ2v) is 7.13. The molecule has 1 aliphatic rings. The molecule has 4 heterocycles. The first-order valence-electron chi connectivity index (χ1n) is 9.09. The van der Waals surface area contributed by atoms with Crippen molar-refractivity contribution in [2.45, 2.75) is 32.1 Å². The molecule has 2 atom stereocenters. The Kier molecular flexibility index (Phi) is 4.62. The summed E-state index contributed by atoms with van der Waals surface area (Å²) in [4.78, 5) is 14.4. The molecule has 0 amide bonds. The normalized spacial score (nSPS) is 20.1. The maximum atomic E-state index is 13.9. The highest BCUT2D eigenvalue weighted by Gasteiger charge is 2.38. The van der Waals surface area contributed by atoms with Crippen LogP contribution in [0.1, 0.15) is 25.0 Å². The summed E-state index contributed by atoms with van der Waals surface area (Å²) in [6, 6.07) is 4.97. The van der Waals surface area contributed by atoms with Gasteiger partial charge in [-0.2, -0.15) is 18.4 Å². The van der Waals surface area contributed by atoms with Crippen molar-refractivity contribution in [3.63, 3.8) is 0 Å². The number of rotatable bonds is 2. The van der Waals surface area contributed by atoms with Gasteiger partial charge in [0.2, 0.25) is 0 Å². The van der Waals surface area contributed by atoms with Crippen LogP contribution in [-0.4, -0.2) is 44.7 Å². The van der Waals surface area contributed by atoms with Crippen LogP contribution < -0.4 is 10.2 Å². The van der Waals surface area contributed by atoms with Gasteiger partial charge in [-0.25, -0.2) is 15.0 Å². The Balaban J connectivity index is 1.98. The largest absolute Gasteiger partial charge is 0.418 e. The molecule has 3 aromatic heterocycles. The quantitative estimate of drug-likeness (QED) is 0.711. The van der Waals surface area contributed by atoms with Crippen LogP contribution in [0, 0.1) is 11.3 Å². The van der Waals surface area contributed by atoms with Gasteiger partial charge in [-0.05, 0) is 26.0 Å². The molecular formula is C19H18F3N7. The van der Waals surface area contributed by atoms with E-state index in [9.17, 15) is 13.2 Å². The van der Waals surface area contributed by atoms with Crippen LogP contribution in [0.3, 0.4) is 0 Å². The Morgan fingerprint density at radius 2 is 2.03 bits per heavy atom. The number of anilines is 1. The highest BCUT2D eigenvalue weighted by Crippen LogP contribution is 2.40. The Morgan fingerprint density at radius 3 is 2.76 bits per heavy atom. The molecule has 0 unspecified atom stereocenters. The van der Waals surface area contributed by atoms with Crippen LogP contribution in [-0.2, 0) is 6.18 Å². The number of halogens is 3. The average molecular weight is 401 g/mol. The molecular weight excluding hydrogens is 383 g/mol. The second kappa shape index (κ2) is 7.00. The minimum Gasteiger partial charge on any atom is -0.350 e. The van der Waals surface area contributed by atoms with Gasteiger partial charge in [0.05, 0.1) is 22.6 Å². The monoisotopic (exact) mass is 401 g/mol. The van der Waals surface area contributed by atoms with E-state index in [0.717, 1.165) is 6.20 Å². The third-order valence-electron chi connectivity index (χ3n) is 5.03. The number of nitriles is 1. The molecule has 0 saturated carbocycles. The van der Waals surface area contributed by atoms with Gasteiger partial charge in [0.25, 0.3) is 0 Å². The van der Waals surface area contributed by atoms with Gasteiger partial charge in [0.15, 0.2) is 5.65 Å². The summed E-state index contributed by atoms with van der Waals surface area (Å²) >= 11 is 0. The summed E-state index contributed by atoms with van der Waals surface area (Å²) in [7, 11) is 0. The lowest BCUT2D eigenvalue weighted by Gasteiger charge is -2.38. The highest BCUT2D eigenvalue weighted by atomic mass is 19.4. The number of fused-ring (bicyclic) bond motifs is 1. The maximum Gasteiger partial charge on any atom is 0.418 e. The van der Waals surface area contributed by atoms with E-state index in [1.165, 1.54) is 29.2 Å². The number of hydrogen-bond donors (Lipinski definition) is 1. The van der Waals surface area contributed by atoms with E-state index in [1.54, 1.807) is 0 Å². The van der Waals surface area contributed by atoms with Crippen molar-refractivity contribution in [3.05, 3.63) is 42.0 Å². The summed E-state index contributed by atoms with van der Waals surface area (Å²) < 4.78 is 43.1. The number of hydrogen-bond acceptors (Lipinski definition) is 6. The lowest BCUT2D eigenvalue weighted by Crippen LogP contribution is -2.54. The predicted molar refractivity (Wildman–Crippen MR) is 101 cm³/mol. The fourth-order valence-corrected chi connectivity index (χ4v) is 3.59. The molecule has 150 valence electrons. The molecule has 3 aromatic rings.